The van der Waals surface area contributed by atoms with Gasteiger partial charge in [0.2, 0.25) is 11.8 Å². The van der Waals surface area contributed by atoms with Crippen LogP contribution in [0.1, 0.15) is 17.3 Å². The molecule has 1 aromatic rings. The first-order valence-electron chi connectivity index (χ1n) is 6.66. The molecule has 1 aliphatic heterocycles. The molecule has 19 heavy (non-hydrogen) atoms. The number of carbonyl (C=O) groups is 1. The van der Waals surface area contributed by atoms with E-state index in [9.17, 15) is 4.79 Å². The van der Waals surface area contributed by atoms with Crippen LogP contribution in [-0.2, 0) is 11.3 Å². The summed E-state index contributed by atoms with van der Waals surface area (Å²) < 4.78 is 5.52. The van der Waals surface area contributed by atoms with Gasteiger partial charge in [-0.25, -0.2) is 4.98 Å². The summed E-state index contributed by atoms with van der Waals surface area (Å²) in [5.74, 6) is 1.69. The molecule has 2 heterocycles. The van der Waals surface area contributed by atoms with Gasteiger partial charge in [-0.3, -0.25) is 9.69 Å². The lowest BCUT2D eigenvalue weighted by molar-refractivity contribution is -0.132. The number of rotatable bonds is 4. The van der Waals surface area contributed by atoms with Gasteiger partial charge in [-0.05, 0) is 20.9 Å². The summed E-state index contributed by atoms with van der Waals surface area (Å²) in [6, 6.07) is 0. The third kappa shape index (κ3) is 3.78. The lowest BCUT2D eigenvalue weighted by Crippen LogP contribution is -2.49. The highest BCUT2D eigenvalue weighted by Crippen LogP contribution is 2.10. The zero-order valence-corrected chi connectivity index (χ0v) is 11.9. The van der Waals surface area contributed by atoms with Gasteiger partial charge in [0.05, 0.1) is 18.8 Å². The van der Waals surface area contributed by atoms with Crippen LogP contribution in [0.25, 0.3) is 0 Å². The van der Waals surface area contributed by atoms with Gasteiger partial charge in [0.15, 0.2) is 0 Å². The first kappa shape index (κ1) is 14.0. The van der Waals surface area contributed by atoms with Crippen molar-refractivity contribution in [1.82, 2.24) is 20.1 Å². The average Bonchev–Trinajstić information content (AvgIpc) is 2.69. The SMILES string of the molecule is Cc1nc(CN(C)CC(=O)N2CCNCC2)oc1C. The van der Waals surface area contributed by atoms with Crippen molar-refractivity contribution in [3.63, 3.8) is 0 Å². The quantitative estimate of drug-likeness (QED) is 0.841. The van der Waals surface area contributed by atoms with Gasteiger partial charge >= 0.3 is 0 Å². The summed E-state index contributed by atoms with van der Waals surface area (Å²) in [7, 11) is 1.91. The fraction of sp³-hybridized carbons (Fsp3) is 0.692. The van der Waals surface area contributed by atoms with Crippen LogP contribution in [0.15, 0.2) is 4.42 Å². The van der Waals surface area contributed by atoms with Gasteiger partial charge in [-0.1, -0.05) is 0 Å². The molecule has 6 nitrogen and oxygen atoms in total. The molecule has 0 unspecified atom stereocenters. The molecule has 1 saturated heterocycles. The predicted molar refractivity (Wildman–Crippen MR) is 71.8 cm³/mol. The zero-order valence-electron chi connectivity index (χ0n) is 11.9. The van der Waals surface area contributed by atoms with Crippen molar-refractivity contribution >= 4 is 5.91 Å². The molecule has 0 atom stereocenters. The minimum atomic E-state index is 0.170. The van der Waals surface area contributed by atoms with Crippen LogP contribution in [0.3, 0.4) is 0 Å². The third-order valence-electron chi connectivity index (χ3n) is 3.35. The van der Waals surface area contributed by atoms with E-state index < -0.39 is 0 Å². The molecule has 106 valence electrons. The van der Waals surface area contributed by atoms with E-state index in [-0.39, 0.29) is 5.91 Å². The average molecular weight is 266 g/mol. The molecule has 1 N–H and O–H groups in total. The molecule has 0 saturated carbocycles. The largest absolute Gasteiger partial charge is 0.444 e. The summed E-state index contributed by atoms with van der Waals surface area (Å²) in [6.45, 7) is 8.15. The number of aryl methyl sites for hydroxylation is 2. The smallest absolute Gasteiger partial charge is 0.236 e. The van der Waals surface area contributed by atoms with E-state index in [0.29, 0.717) is 19.0 Å². The van der Waals surface area contributed by atoms with Crippen LogP contribution in [0.4, 0.5) is 0 Å². The van der Waals surface area contributed by atoms with Gasteiger partial charge in [0.1, 0.15) is 5.76 Å². The normalized spacial score (nSPS) is 16.1. The molecule has 1 aliphatic rings. The number of oxazole rings is 1. The van der Waals surface area contributed by atoms with Gasteiger partial charge in [-0.2, -0.15) is 0 Å². The van der Waals surface area contributed by atoms with E-state index in [2.05, 4.69) is 10.3 Å². The Balaban J connectivity index is 1.83. The summed E-state index contributed by atoms with van der Waals surface area (Å²) >= 11 is 0. The molecule has 0 spiro atoms. The molecule has 2 rings (SSSR count). The number of carbonyl (C=O) groups excluding carboxylic acids is 1. The Bertz CT molecular complexity index is 418. The van der Waals surface area contributed by atoms with E-state index >= 15 is 0 Å². The second-order valence-corrected chi connectivity index (χ2v) is 5.05. The van der Waals surface area contributed by atoms with Crippen molar-refractivity contribution in [1.29, 1.82) is 0 Å². The third-order valence-corrected chi connectivity index (χ3v) is 3.35. The molecule has 0 radical (unpaired) electrons. The molecule has 0 aliphatic carbocycles. The Labute approximate surface area is 113 Å². The molecular weight excluding hydrogens is 244 g/mol. The highest BCUT2D eigenvalue weighted by Gasteiger charge is 2.18. The standard InChI is InChI=1S/C13H22N4O2/c1-10-11(2)19-12(15-10)8-16(3)9-13(18)17-6-4-14-5-7-17/h14H,4-9H2,1-3H3. The van der Waals surface area contributed by atoms with E-state index in [1.807, 2.05) is 30.7 Å². The fourth-order valence-corrected chi connectivity index (χ4v) is 2.14. The Morgan fingerprint density at radius 2 is 2.11 bits per heavy atom. The van der Waals surface area contributed by atoms with Crippen LogP contribution >= 0.6 is 0 Å². The van der Waals surface area contributed by atoms with Gasteiger partial charge in [0, 0.05) is 26.2 Å². The molecule has 0 bridgehead atoms. The van der Waals surface area contributed by atoms with Crippen LogP contribution in [0.5, 0.6) is 0 Å². The van der Waals surface area contributed by atoms with E-state index in [4.69, 9.17) is 4.42 Å². The van der Waals surface area contributed by atoms with Crippen molar-refractivity contribution in [3.05, 3.63) is 17.3 Å². The number of piperazine rings is 1. The van der Waals surface area contributed by atoms with E-state index in [0.717, 1.165) is 37.6 Å². The molecule has 1 aromatic heterocycles. The van der Waals surface area contributed by atoms with Crippen LogP contribution < -0.4 is 5.32 Å². The number of nitrogens with zero attached hydrogens (tertiary/aromatic N) is 3. The second-order valence-electron chi connectivity index (χ2n) is 5.05. The first-order chi connectivity index (χ1) is 9.06. The maximum absolute atomic E-state index is 12.1. The lowest BCUT2D eigenvalue weighted by atomic mass is 10.3. The maximum atomic E-state index is 12.1. The van der Waals surface area contributed by atoms with Crippen molar-refractivity contribution < 1.29 is 9.21 Å². The van der Waals surface area contributed by atoms with Crippen molar-refractivity contribution in [2.24, 2.45) is 0 Å². The van der Waals surface area contributed by atoms with Crippen LogP contribution in [-0.4, -0.2) is 60.5 Å². The summed E-state index contributed by atoms with van der Waals surface area (Å²) in [5.41, 5.74) is 0.914. The molecule has 6 heteroatoms. The Kier molecular flexibility index (Phi) is 4.55. The number of hydrogen-bond donors (Lipinski definition) is 1. The molecule has 1 fully saturated rings. The summed E-state index contributed by atoms with van der Waals surface area (Å²) in [6.07, 6.45) is 0. The number of amides is 1. The minimum Gasteiger partial charge on any atom is -0.444 e. The lowest BCUT2D eigenvalue weighted by Gasteiger charge is -2.29. The Hall–Kier alpha value is -1.40. The number of hydrogen-bond acceptors (Lipinski definition) is 5. The highest BCUT2D eigenvalue weighted by molar-refractivity contribution is 5.78. The predicted octanol–water partition coefficient (Wildman–Crippen LogP) is 0.155. The molecule has 0 aromatic carbocycles. The topological polar surface area (TPSA) is 61.6 Å². The Morgan fingerprint density at radius 3 is 2.68 bits per heavy atom. The first-order valence-corrected chi connectivity index (χ1v) is 6.66. The Morgan fingerprint density at radius 1 is 1.42 bits per heavy atom. The molecular formula is C13H22N4O2. The fourth-order valence-electron chi connectivity index (χ4n) is 2.14. The second kappa shape index (κ2) is 6.16. The monoisotopic (exact) mass is 266 g/mol. The summed E-state index contributed by atoms with van der Waals surface area (Å²) in [4.78, 5) is 20.2. The van der Waals surface area contributed by atoms with Gasteiger partial charge in [0.25, 0.3) is 0 Å². The number of likely N-dealkylation sites (N-methyl/N-ethyl adjacent to an activating group) is 1. The maximum Gasteiger partial charge on any atom is 0.236 e. The number of nitrogens with one attached hydrogen (secondary N) is 1. The van der Waals surface area contributed by atoms with Crippen LogP contribution in [0, 0.1) is 13.8 Å². The van der Waals surface area contributed by atoms with E-state index in [1.54, 1.807) is 0 Å². The minimum absolute atomic E-state index is 0.170. The van der Waals surface area contributed by atoms with Crippen molar-refractivity contribution in [2.45, 2.75) is 20.4 Å². The van der Waals surface area contributed by atoms with E-state index in [1.165, 1.54) is 0 Å². The van der Waals surface area contributed by atoms with Gasteiger partial charge < -0.3 is 14.6 Å². The van der Waals surface area contributed by atoms with Crippen molar-refractivity contribution in [3.8, 4) is 0 Å². The molecule has 1 amide bonds. The van der Waals surface area contributed by atoms with Crippen molar-refractivity contribution in [2.75, 3.05) is 39.8 Å². The van der Waals surface area contributed by atoms with Crippen LogP contribution in [0.2, 0.25) is 0 Å². The zero-order chi connectivity index (χ0) is 13.8. The van der Waals surface area contributed by atoms with Gasteiger partial charge in [-0.15, -0.1) is 0 Å². The highest BCUT2D eigenvalue weighted by atomic mass is 16.4. The summed E-state index contributed by atoms with van der Waals surface area (Å²) in [5, 5.41) is 3.24. The number of aromatic nitrogens is 1.